The fraction of sp³-hybridized carbons (Fsp3) is 0.800. The van der Waals surface area contributed by atoms with Crippen molar-refractivity contribution < 1.29 is 0 Å². The van der Waals surface area contributed by atoms with Crippen LogP contribution in [0, 0.1) is 5.92 Å². The molecule has 0 spiro atoms. The minimum absolute atomic E-state index is 0.834. The molecule has 1 N–H and O–H groups in total. The van der Waals surface area contributed by atoms with Crippen LogP contribution < -0.4 is 5.32 Å². The molecule has 4 heteroatoms. The highest BCUT2D eigenvalue weighted by Gasteiger charge is 2.21. The smallest absolute Gasteiger partial charge is 0.140 e. The van der Waals surface area contributed by atoms with E-state index in [4.69, 9.17) is 0 Å². The van der Waals surface area contributed by atoms with Crippen LogP contribution in [0.25, 0.3) is 0 Å². The predicted octanol–water partition coefficient (Wildman–Crippen LogP) is 1.19. The summed E-state index contributed by atoms with van der Waals surface area (Å²) in [5.41, 5.74) is 0. The molecule has 1 aromatic rings. The van der Waals surface area contributed by atoms with Gasteiger partial charge in [0.05, 0.1) is 6.54 Å². The van der Waals surface area contributed by atoms with E-state index in [-0.39, 0.29) is 0 Å². The normalized spacial score (nSPS) is 16.1. The van der Waals surface area contributed by atoms with E-state index in [0.717, 1.165) is 31.4 Å². The molecule has 0 atom stereocenters. The maximum atomic E-state index is 4.24. The lowest BCUT2D eigenvalue weighted by molar-refractivity contribution is 0.511. The van der Waals surface area contributed by atoms with Gasteiger partial charge in [-0.25, -0.2) is 9.67 Å². The summed E-state index contributed by atoms with van der Waals surface area (Å²) in [6.45, 7) is 4.95. The quantitative estimate of drug-likeness (QED) is 0.739. The first-order valence-corrected chi connectivity index (χ1v) is 5.47. The van der Waals surface area contributed by atoms with Crippen LogP contribution >= 0.6 is 0 Å². The van der Waals surface area contributed by atoms with Gasteiger partial charge in [-0.3, -0.25) is 0 Å². The Balaban J connectivity index is 1.83. The number of rotatable bonds is 6. The van der Waals surface area contributed by atoms with Crippen molar-refractivity contribution in [3.05, 3.63) is 12.2 Å². The summed E-state index contributed by atoms with van der Waals surface area (Å²) in [4.78, 5) is 4.24. The van der Waals surface area contributed by atoms with Gasteiger partial charge in [-0.15, -0.1) is 0 Å². The Bertz CT molecular complexity index is 277. The molecule has 0 aromatic carbocycles. The maximum absolute atomic E-state index is 4.24. The van der Waals surface area contributed by atoms with E-state index in [1.54, 1.807) is 6.33 Å². The third-order valence-corrected chi connectivity index (χ3v) is 2.67. The second-order valence-corrected chi connectivity index (χ2v) is 3.91. The Morgan fingerprint density at radius 2 is 2.43 bits per heavy atom. The van der Waals surface area contributed by atoms with Gasteiger partial charge in [-0.05, 0) is 18.9 Å². The molecule has 0 unspecified atom stereocenters. The first-order valence-electron chi connectivity index (χ1n) is 5.47. The first-order chi connectivity index (χ1) is 6.90. The Morgan fingerprint density at radius 3 is 3.14 bits per heavy atom. The number of aromatic nitrogens is 3. The molecule has 0 radical (unpaired) electrons. The molecular weight excluding hydrogens is 176 g/mol. The van der Waals surface area contributed by atoms with Gasteiger partial charge in [0.2, 0.25) is 0 Å². The first kappa shape index (κ1) is 9.65. The molecule has 0 bridgehead atoms. The highest BCUT2D eigenvalue weighted by Crippen LogP contribution is 2.32. The van der Waals surface area contributed by atoms with E-state index in [2.05, 4.69) is 22.3 Å². The van der Waals surface area contributed by atoms with Gasteiger partial charge in [-0.2, -0.15) is 5.10 Å². The topological polar surface area (TPSA) is 42.7 Å². The number of nitrogens with one attached hydrogen (secondary N) is 1. The predicted molar refractivity (Wildman–Crippen MR) is 54.7 cm³/mol. The summed E-state index contributed by atoms with van der Waals surface area (Å²) in [7, 11) is 0. The number of hydrogen-bond donors (Lipinski definition) is 1. The van der Waals surface area contributed by atoms with Gasteiger partial charge in [0.15, 0.2) is 0 Å². The van der Waals surface area contributed by atoms with Gasteiger partial charge in [0.25, 0.3) is 0 Å². The molecule has 1 fully saturated rings. The minimum Gasteiger partial charge on any atom is -0.310 e. The molecule has 14 heavy (non-hydrogen) atoms. The van der Waals surface area contributed by atoms with Crippen LogP contribution in [0.15, 0.2) is 6.33 Å². The lowest BCUT2D eigenvalue weighted by Gasteiger charge is -2.05. The van der Waals surface area contributed by atoms with Crippen molar-refractivity contribution in [2.24, 2.45) is 5.92 Å². The summed E-state index contributed by atoms with van der Waals surface area (Å²) in [6, 6.07) is 0. The zero-order valence-electron chi connectivity index (χ0n) is 8.74. The van der Waals surface area contributed by atoms with Gasteiger partial charge in [0.1, 0.15) is 12.2 Å². The SMILES string of the molecule is CCNCc1ncnn1CCC1CC1. The Hall–Kier alpha value is -0.900. The van der Waals surface area contributed by atoms with E-state index in [1.807, 2.05) is 4.68 Å². The molecule has 1 aliphatic rings. The number of aryl methyl sites for hydroxylation is 1. The van der Waals surface area contributed by atoms with Crippen molar-refractivity contribution in [2.45, 2.75) is 39.3 Å². The van der Waals surface area contributed by atoms with Gasteiger partial charge < -0.3 is 5.32 Å². The van der Waals surface area contributed by atoms with Crippen molar-refractivity contribution >= 4 is 0 Å². The standard InChI is InChI=1S/C10H18N4/c1-2-11-7-10-12-8-13-14(10)6-5-9-3-4-9/h8-9,11H,2-7H2,1H3. The van der Waals surface area contributed by atoms with Gasteiger partial charge in [0, 0.05) is 6.54 Å². The Labute approximate surface area is 84.7 Å². The number of hydrogen-bond acceptors (Lipinski definition) is 3. The van der Waals surface area contributed by atoms with Crippen LogP contribution in [0.5, 0.6) is 0 Å². The zero-order valence-corrected chi connectivity index (χ0v) is 8.74. The van der Waals surface area contributed by atoms with E-state index < -0.39 is 0 Å². The molecule has 1 saturated carbocycles. The van der Waals surface area contributed by atoms with Crippen molar-refractivity contribution in [2.75, 3.05) is 6.54 Å². The summed E-state index contributed by atoms with van der Waals surface area (Å²) in [5.74, 6) is 2.03. The molecule has 1 heterocycles. The fourth-order valence-electron chi connectivity index (χ4n) is 1.56. The summed E-state index contributed by atoms with van der Waals surface area (Å²) in [6.07, 6.45) is 5.75. The molecular formula is C10H18N4. The number of nitrogens with zero attached hydrogens (tertiary/aromatic N) is 3. The van der Waals surface area contributed by atoms with Gasteiger partial charge >= 0.3 is 0 Å². The molecule has 1 aromatic heterocycles. The fourth-order valence-corrected chi connectivity index (χ4v) is 1.56. The highest BCUT2D eigenvalue weighted by atomic mass is 15.3. The van der Waals surface area contributed by atoms with E-state index in [1.165, 1.54) is 19.3 Å². The summed E-state index contributed by atoms with van der Waals surface area (Å²) >= 11 is 0. The molecule has 0 aliphatic heterocycles. The van der Waals surface area contributed by atoms with Crippen LogP contribution in [0.3, 0.4) is 0 Å². The molecule has 78 valence electrons. The van der Waals surface area contributed by atoms with E-state index in [9.17, 15) is 0 Å². The monoisotopic (exact) mass is 194 g/mol. The van der Waals surface area contributed by atoms with Gasteiger partial charge in [-0.1, -0.05) is 19.8 Å². The van der Waals surface area contributed by atoms with Crippen LogP contribution in [-0.4, -0.2) is 21.3 Å². The average molecular weight is 194 g/mol. The van der Waals surface area contributed by atoms with E-state index in [0.29, 0.717) is 0 Å². The molecule has 1 aliphatic carbocycles. The van der Waals surface area contributed by atoms with Crippen molar-refractivity contribution in [3.8, 4) is 0 Å². The average Bonchev–Trinajstić information content (AvgIpc) is 2.92. The summed E-state index contributed by atoms with van der Waals surface area (Å²) in [5, 5.41) is 7.51. The van der Waals surface area contributed by atoms with Crippen LogP contribution in [0.2, 0.25) is 0 Å². The summed E-state index contributed by atoms with van der Waals surface area (Å²) < 4.78 is 2.03. The maximum Gasteiger partial charge on any atom is 0.140 e. The third-order valence-electron chi connectivity index (χ3n) is 2.67. The molecule has 2 rings (SSSR count). The molecule has 0 saturated heterocycles. The van der Waals surface area contributed by atoms with Crippen molar-refractivity contribution in [1.82, 2.24) is 20.1 Å². The Morgan fingerprint density at radius 1 is 1.57 bits per heavy atom. The lowest BCUT2D eigenvalue weighted by Crippen LogP contribution is -2.17. The van der Waals surface area contributed by atoms with Crippen molar-refractivity contribution in [1.29, 1.82) is 0 Å². The second-order valence-electron chi connectivity index (χ2n) is 3.91. The molecule has 0 amide bonds. The van der Waals surface area contributed by atoms with Crippen LogP contribution in [-0.2, 0) is 13.1 Å². The van der Waals surface area contributed by atoms with Crippen molar-refractivity contribution in [3.63, 3.8) is 0 Å². The third kappa shape index (κ3) is 2.54. The van der Waals surface area contributed by atoms with Crippen LogP contribution in [0.4, 0.5) is 0 Å². The molecule has 4 nitrogen and oxygen atoms in total. The minimum atomic E-state index is 0.834. The highest BCUT2D eigenvalue weighted by molar-refractivity contribution is 4.84. The second kappa shape index (κ2) is 4.55. The Kier molecular flexibility index (Phi) is 3.14. The van der Waals surface area contributed by atoms with Crippen LogP contribution in [0.1, 0.15) is 32.0 Å². The van der Waals surface area contributed by atoms with E-state index >= 15 is 0 Å². The largest absolute Gasteiger partial charge is 0.310 e. The zero-order chi connectivity index (χ0) is 9.80. The lowest BCUT2D eigenvalue weighted by atomic mass is 10.3.